The number of carbonyl (C=O) groups is 2. The minimum atomic E-state index is -1.53. The number of nitrogens with zero attached hydrogens (tertiary/aromatic N) is 1. The maximum atomic E-state index is 12.8. The van der Waals surface area contributed by atoms with Crippen LogP contribution < -0.4 is 0 Å². The van der Waals surface area contributed by atoms with Crippen molar-refractivity contribution in [1.29, 1.82) is 0 Å². The van der Waals surface area contributed by atoms with Gasteiger partial charge < -0.3 is 9.47 Å². The highest BCUT2D eigenvalue weighted by Gasteiger charge is 2.18. The Morgan fingerprint density at radius 1 is 0.561 bits per heavy atom. The summed E-state index contributed by atoms with van der Waals surface area (Å²) in [4.78, 5) is 30.1. The molecule has 0 fully saturated rings. The number of esters is 2. The van der Waals surface area contributed by atoms with E-state index >= 15 is 0 Å². The summed E-state index contributed by atoms with van der Waals surface area (Å²) in [5.41, 5.74) is 10.7. The van der Waals surface area contributed by atoms with E-state index in [1.807, 2.05) is 24.3 Å². The van der Waals surface area contributed by atoms with Gasteiger partial charge in [0.05, 0.1) is 41.7 Å². The Kier molecular flexibility index (Phi) is 37.3. The molecule has 0 saturated carbocycles. The summed E-state index contributed by atoms with van der Waals surface area (Å²) in [6, 6.07) is 9.40. The largest absolute Gasteiger partial charge is 0.462 e. The Hall–Kier alpha value is -2.22. The number of terminal acetylenes is 1. The molecule has 3 rings (SSSR count). The van der Waals surface area contributed by atoms with Gasteiger partial charge in [-0.2, -0.15) is 0 Å². The molecule has 0 aliphatic carbocycles. The molecule has 0 aliphatic heterocycles. The van der Waals surface area contributed by atoms with Crippen LogP contribution in [0.2, 0.25) is 58.9 Å². The monoisotopic (exact) mass is 1120 g/mol. The lowest BCUT2D eigenvalue weighted by Gasteiger charge is -2.05. The third kappa shape index (κ3) is 38.7. The van der Waals surface area contributed by atoms with Gasteiger partial charge in [-0.15, -0.1) is 45.7 Å². The number of hydrogen-bond acceptors (Lipinski definition) is 7. The Bertz CT molecular complexity index is 1870. The van der Waals surface area contributed by atoms with Crippen LogP contribution in [0.15, 0.2) is 50.3 Å². The number of carbonyl (C=O) groups excluding carboxylic acids is 2. The highest BCUT2D eigenvalue weighted by molar-refractivity contribution is 9.12. The van der Waals surface area contributed by atoms with Crippen molar-refractivity contribution in [2.75, 3.05) is 13.2 Å². The van der Waals surface area contributed by atoms with Gasteiger partial charge in [-0.25, -0.2) is 9.59 Å². The summed E-state index contributed by atoms with van der Waals surface area (Å²) in [6.45, 7) is 25.3. The zero-order valence-corrected chi connectivity index (χ0v) is 50.6. The molecule has 0 radical (unpaired) electrons. The van der Waals surface area contributed by atoms with E-state index in [2.05, 4.69) is 138 Å². The summed E-state index contributed by atoms with van der Waals surface area (Å²) >= 11 is 9.76. The minimum Gasteiger partial charge on any atom is -0.462 e. The first-order valence-corrected chi connectivity index (χ1v) is 38.3. The highest BCUT2D eigenvalue weighted by atomic mass is 79.9. The summed E-state index contributed by atoms with van der Waals surface area (Å²) in [5, 5.41) is 0. The number of rotatable bonds is 24. The first kappa shape index (κ1) is 63.8. The van der Waals surface area contributed by atoms with Crippen molar-refractivity contribution in [1.82, 2.24) is 4.98 Å². The van der Waals surface area contributed by atoms with Gasteiger partial charge in [-0.05, 0) is 69.0 Å². The number of thiophene rings is 2. The standard InChI is InChI=1S/C27H44O2SSi2.C17H26Br2O2S.C5H5N.C5H10Si/c1-8-9-10-11-12-13-14-15-16-17-20-29-27(28)25-23-24(18-21-31(2,3)4)30-26(25)19-22-32(5,6)7;1-2-3-4-5-6-7-8-9-10-11-12-21-17(20)14-13-15(18)22-16(14)19;1-2-4-6-5-3-1;1-5-6(2,3)4/h23H,8-17,20H2,1-7H3;13H,2-12H2,1H3;1-5H;1H,2-4H3. The van der Waals surface area contributed by atoms with Crippen LogP contribution in [0.1, 0.15) is 173 Å². The number of ether oxygens (including phenoxy) is 2. The van der Waals surface area contributed by atoms with Gasteiger partial charge in [0.25, 0.3) is 0 Å². The predicted octanol–water partition coefficient (Wildman–Crippen LogP) is 18.2. The average Bonchev–Trinajstić information content (AvgIpc) is 3.85. The molecule has 3 aromatic rings. The molecular formula is C54H85Br2NO4S2Si3. The Morgan fingerprint density at radius 2 is 0.955 bits per heavy atom. The van der Waals surface area contributed by atoms with Gasteiger partial charge in [0.2, 0.25) is 0 Å². The second kappa shape index (κ2) is 38.6. The lowest BCUT2D eigenvalue weighted by molar-refractivity contribution is 0.0488. The molecule has 0 aromatic carbocycles. The fourth-order valence-electron chi connectivity index (χ4n) is 5.65. The maximum Gasteiger partial charge on any atom is 0.340 e. The fraction of sp³-hybridized carbons (Fsp3) is 0.611. The third-order valence-corrected chi connectivity index (χ3v) is 15.3. The topological polar surface area (TPSA) is 65.5 Å². The van der Waals surface area contributed by atoms with Crippen LogP contribution in [0, 0.1) is 34.9 Å². The van der Waals surface area contributed by atoms with E-state index in [0.717, 1.165) is 43.0 Å². The first-order chi connectivity index (χ1) is 31.2. The van der Waals surface area contributed by atoms with Gasteiger partial charge in [-0.1, -0.05) is 206 Å². The number of aromatic nitrogens is 1. The van der Waals surface area contributed by atoms with Gasteiger partial charge >= 0.3 is 11.9 Å². The Labute approximate surface area is 431 Å². The molecule has 5 nitrogen and oxygen atoms in total. The van der Waals surface area contributed by atoms with Crippen LogP contribution in [-0.2, 0) is 9.47 Å². The third-order valence-electron chi connectivity index (χ3n) is 9.40. The quantitative estimate of drug-likeness (QED) is 0.0387. The van der Waals surface area contributed by atoms with Crippen molar-refractivity contribution in [3.05, 3.63) is 71.2 Å². The second-order valence-electron chi connectivity index (χ2n) is 19.6. The number of halogens is 2. The predicted molar refractivity (Wildman–Crippen MR) is 305 cm³/mol. The van der Waals surface area contributed by atoms with Crippen LogP contribution in [0.4, 0.5) is 0 Å². The van der Waals surface area contributed by atoms with E-state index in [1.165, 1.54) is 125 Å². The van der Waals surface area contributed by atoms with Gasteiger partial charge in [0.1, 0.15) is 24.2 Å². The van der Waals surface area contributed by atoms with Crippen molar-refractivity contribution >= 4 is 90.7 Å². The summed E-state index contributed by atoms with van der Waals surface area (Å²) in [7, 11) is -4.11. The summed E-state index contributed by atoms with van der Waals surface area (Å²) in [6.07, 6.45) is 34.2. The van der Waals surface area contributed by atoms with Crippen LogP contribution in [0.5, 0.6) is 0 Å². The van der Waals surface area contributed by atoms with Crippen molar-refractivity contribution in [2.45, 2.75) is 201 Å². The zero-order chi connectivity index (χ0) is 49.7. The van der Waals surface area contributed by atoms with Crippen molar-refractivity contribution in [3.8, 4) is 34.9 Å². The molecular weight excluding hydrogens is 1030 g/mol. The number of pyridine rings is 1. The number of unbranched alkanes of at least 4 members (excludes halogenated alkanes) is 18. The smallest absolute Gasteiger partial charge is 0.340 e. The molecule has 3 heterocycles. The van der Waals surface area contributed by atoms with E-state index < -0.39 is 24.2 Å². The highest BCUT2D eigenvalue weighted by Crippen LogP contribution is 2.32. The Morgan fingerprint density at radius 3 is 1.29 bits per heavy atom. The second-order valence-corrected chi connectivity index (χ2v) is 38.7. The molecule has 0 spiro atoms. The fourth-order valence-corrected chi connectivity index (χ4v) is 10.5. The molecule has 0 bridgehead atoms. The molecule has 12 heteroatoms. The Balaban J connectivity index is 0.00000106. The van der Waals surface area contributed by atoms with E-state index in [9.17, 15) is 9.59 Å². The molecule has 3 aromatic heterocycles. The van der Waals surface area contributed by atoms with E-state index in [1.54, 1.807) is 18.5 Å². The van der Waals surface area contributed by atoms with E-state index in [0.29, 0.717) is 24.3 Å². The normalized spacial score (nSPS) is 10.8. The molecule has 0 saturated heterocycles. The molecule has 368 valence electrons. The van der Waals surface area contributed by atoms with Crippen molar-refractivity contribution in [3.63, 3.8) is 0 Å². The molecule has 0 atom stereocenters. The molecule has 66 heavy (non-hydrogen) atoms. The van der Waals surface area contributed by atoms with Crippen LogP contribution in [-0.4, -0.2) is 54.4 Å². The van der Waals surface area contributed by atoms with Crippen molar-refractivity contribution in [2.24, 2.45) is 0 Å². The molecule has 0 N–H and O–H groups in total. The first-order valence-electron chi connectivity index (χ1n) is 24.5. The van der Waals surface area contributed by atoms with Crippen molar-refractivity contribution < 1.29 is 19.1 Å². The summed E-state index contributed by atoms with van der Waals surface area (Å²) in [5.74, 6) is 6.06. The van der Waals surface area contributed by atoms with Crippen LogP contribution >= 0.6 is 54.5 Å². The van der Waals surface area contributed by atoms with E-state index in [4.69, 9.17) is 15.9 Å². The van der Waals surface area contributed by atoms with Gasteiger partial charge in [0.15, 0.2) is 0 Å². The van der Waals surface area contributed by atoms with Crippen LogP contribution in [0.3, 0.4) is 0 Å². The SMILES string of the molecule is C#C[Si](C)(C)C.CCCCCCCCCCCCOC(=O)c1cc(Br)sc1Br.CCCCCCCCCCCCOC(=O)c1cc(C#C[Si](C)(C)C)sc1C#C[Si](C)(C)C.c1ccncc1. The molecule has 0 amide bonds. The molecule has 0 unspecified atom stereocenters. The zero-order valence-electron chi connectivity index (χ0n) is 42.8. The average molecular weight is 1120 g/mol. The lowest BCUT2D eigenvalue weighted by atomic mass is 10.1. The lowest BCUT2D eigenvalue weighted by Crippen LogP contribution is -2.16. The van der Waals surface area contributed by atoms with E-state index in [-0.39, 0.29) is 11.9 Å². The molecule has 0 aliphatic rings. The van der Waals surface area contributed by atoms with Gasteiger partial charge in [-0.3, -0.25) is 4.98 Å². The minimum absolute atomic E-state index is 0.232. The number of hydrogen-bond donors (Lipinski definition) is 0. The maximum absolute atomic E-state index is 12.8. The summed E-state index contributed by atoms with van der Waals surface area (Å²) < 4.78 is 12.7. The van der Waals surface area contributed by atoms with Crippen LogP contribution in [0.25, 0.3) is 0 Å². The van der Waals surface area contributed by atoms with Gasteiger partial charge in [0, 0.05) is 12.4 Å².